The maximum Gasteiger partial charge on any atom is 0.243 e. The van der Waals surface area contributed by atoms with Crippen LogP contribution >= 0.6 is 0 Å². The van der Waals surface area contributed by atoms with Crippen molar-refractivity contribution in [2.24, 2.45) is 11.8 Å². The summed E-state index contributed by atoms with van der Waals surface area (Å²) in [6.07, 6.45) is 0. The lowest BCUT2D eigenvalue weighted by molar-refractivity contribution is -0.0229. The molecule has 2 fully saturated rings. The van der Waals surface area contributed by atoms with Gasteiger partial charge in [0.2, 0.25) is 20.0 Å². The largest absolute Gasteiger partial charge is 0.301 e. The van der Waals surface area contributed by atoms with Gasteiger partial charge in [-0.05, 0) is 47.2 Å². The van der Waals surface area contributed by atoms with Gasteiger partial charge in [0.1, 0.15) is 0 Å². The van der Waals surface area contributed by atoms with Gasteiger partial charge in [0.25, 0.3) is 0 Å². The number of rotatable bonds is 11. The number of nitrogens with zero attached hydrogens (tertiary/aromatic N) is 2. The van der Waals surface area contributed by atoms with Gasteiger partial charge in [-0.15, -0.1) is 0 Å². The van der Waals surface area contributed by atoms with E-state index in [2.05, 4.69) is 5.48 Å². The van der Waals surface area contributed by atoms with Crippen LogP contribution in [0.3, 0.4) is 0 Å². The Kier molecular flexibility index (Phi) is 8.23. The molecule has 0 bridgehead atoms. The summed E-state index contributed by atoms with van der Waals surface area (Å²) < 4.78 is 54.5. The lowest BCUT2D eigenvalue weighted by Crippen LogP contribution is -2.54. The first-order valence-electron chi connectivity index (χ1n) is 12.5. The fraction of sp³-hybridized carbons (Fsp3) is 0.538. The molecule has 0 atom stereocenters. The SMILES string of the molecule is CC(C)c1cccc(S(=O)(=O)N2CC(CNOCC3CN(S(=O)(=O)c4cccc(C(C)C)c4)C3)C2)c1. The van der Waals surface area contributed by atoms with Crippen LogP contribution in [0.1, 0.15) is 50.7 Å². The Bertz CT molecular complexity index is 1170. The highest BCUT2D eigenvalue weighted by molar-refractivity contribution is 7.89. The highest BCUT2D eigenvalue weighted by atomic mass is 32.2. The fourth-order valence-corrected chi connectivity index (χ4v) is 7.69. The average Bonchev–Trinajstić information content (AvgIpc) is 2.78. The summed E-state index contributed by atoms with van der Waals surface area (Å²) in [5.41, 5.74) is 4.95. The fourth-order valence-electron chi connectivity index (χ4n) is 4.39. The van der Waals surface area contributed by atoms with Crippen LogP contribution in [0.5, 0.6) is 0 Å². The molecule has 0 amide bonds. The van der Waals surface area contributed by atoms with Crippen molar-refractivity contribution in [3.8, 4) is 0 Å². The average molecular weight is 536 g/mol. The molecule has 2 aliphatic rings. The number of nitrogens with one attached hydrogen (secondary N) is 1. The van der Waals surface area contributed by atoms with Crippen LogP contribution in [0, 0.1) is 11.8 Å². The quantitative estimate of drug-likeness (QED) is 0.350. The zero-order valence-corrected chi connectivity index (χ0v) is 23.1. The van der Waals surface area contributed by atoms with Crippen molar-refractivity contribution >= 4 is 20.0 Å². The number of hydrogen-bond acceptors (Lipinski definition) is 6. The van der Waals surface area contributed by atoms with Crippen LogP contribution in [-0.2, 0) is 24.9 Å². The summed E-state index contributed by atoms with van der Waals surface area (Å²) in [5, 5.41) is 0. The van der Waals surface area contributed by atoms with Crippen molar-refractivity contribution in [2.75, 3.05) is 39.3 Å². The summed E-state index contributed by atoms with van der Waals surface area (Å²) in [7, 11) is -6.96. The molecule has 8 nitrogen and oxygen atoms in total. The van der Waals surface area contributed by atoms with Crippen LogP contribution in [0.2, 0.25) is 0 Å². The summed E-state index contributed by atoms with van der Waals surface area (Å²) in [4.78, 5) is 6.25. The predicted molar refractivity (Wildman–Crippen MR) is 140 cm³/mol. The van der Waals surface area contributed by atoms with E-state index in [0.717, 1.165) is 11.1 Å². The molecular weight excluding hydrogens is 498 g/mol. The Morgan fingerprint density at radius 2 is 1.22 bits per heavy atom. The first-order chi connectivity index (χ1) is 17.0. The zero-order valence-electron chi connectivity index (χ0n) is 21.4. The Labute approximate surface area is 215 Å². The highest BCUT2D eigenvalue weighted by Crippen LogP contribution is 2.28. The van der Waals surface area contributed by atoms with Gasteiger partial charge in [0.05, 0.1) is 16.4 Å². The van der Waals surface area contributed by atoms with Crippen LogP contribution in [0.4, 0.5) is 0 Å². The van der Waals surface area contributed by atoms with Crippen molar-refractivity contribution < 1.29 is 21.7 Å². The summed E-state index contributed by atoms with van der Waals surface area (Å²) >= 11 is 0. The van der Waals surface area contributed by atoms with Crippen LogP contribution < -0.4 is 5.48 Å². The summed E-state index contributed by atoms with van der Waals surface area (Å²) in [6.45, 7) is 10.9. The molecule has 2 aromatic rings. The Balaban J connectivity index is 1.16. The van der Waals surface area contributed by atoms with Gasteiger partial charge in [0, 0.05) is 44.6 Å². The van der Waals surface area contributed by atoms with E-state index in [4.69, 9.17) is 4.84 Å². The lowest BCUT2D eigenvalue weighted by Gasteiger charge is -2.39. The monoisotopic (exact) mass is 535 g/mol. The van der Waals surface area contributed by atoms with Gasteiger partial charge >= 0.3 is 0 Å². The second-order valence-electron chi connectivity index (χ2n) is 10.5. The van der Waals surface area contributed by atoms with Gasteiger partial charge in [-0.3, -0.25) is 0 Å². The molecule has 2 aromatic carbocycles. The third kappa shape index (κ3) is 5.84. The molecule has 0 aromatic heterocycles. The third-order valence-electron chi connectivity index (χ3n) is 6.97. The molecule has 0 aliphatic carbocycles. The summed E-state index contributed by atoms with van der Waals surface area (Å²) in [5.74, 6) is 0.846. The Morgan fingerprint density at radius 1 is 0.778 bits per heavy atom. The molecular formula is C26H37N3O5S2. The minimum atomic E-state index is -3.49. The maximum atomic E-state index is 12.9. The molecule has 2 aliphatic heterocycles. The first-order valence-corrected chi connectivity index (χ1v) is 15.4. The molecule has 2 saturated heterocycles. The second-order valence-corrected chi connectivity index (χ2v) is 14.4. The molecule has 2 heterocycles. The molecule has 0 spiro atoms. The second kappa shape index (κ2) is 10.9. The summed E-state index contributed by atoms with van der Waals surface area (Å²) in [6, 6.07) is 14.3. The van der Waals surface area contributed by atoms with Crippen molar-refractivity contribution in [1.82, 2.24) is 14.1 Å². The van der Waals surface area contributed by atoms with Crippen LogP contribution in [-0.4, -0.2) is 64.8 Å². The number of hydroxylamine groups is 1. The molecule has 1 N–H and O–H groups in total. The van der Waals surface area contributed by atoms with E-state index in [1.807, 2.05) is 39.8 Å². The number of hydrogen-bond donors (Lipinski definition) is 1. The minimum Gasteiger partial charge on any atom is -0.301 e. The van der Waals surface area contributed by atoms with E-state index in [1.54, 1.807) is 36.4 Å². The molecule has 0 unspecified atom stereocenters. The molecule has 0 radical (unpaired) electrons. The topological polar surface area (TPSA) is 96.0 Å². The van der Waals surface area contributed by atoms with Crippen molar-refractivity contribution in [2.45, 2.75) is 49.3 Å². The van der Waals surface area contributed by atoms with E-state index < -0.39 is 20.0 Å². The molecule has 0 saturated carbocycles. The van der Waals surface area contributed by atoms with E-state index >= 15 is 0 Å². The number of benzene rings is 2. The predicted octanol–water partition coefficient (Wildman–Crippen LogP) is 3.40. The van der Waals surface area contributed by atoms with Gasteiger partial charge in [-0.25, -0.2) is 22.3 Å². The zero-order chi connectivity index (χ0) is 26.1. The van der Waals surface area contributed by atoms with Gasteiger partial charge in [-0.2, -0.15) is 8.61 Å². The van der Waals surface area contributed by atoms with E-state index in [9.17, 15) is 16.8 Å². The molecule has 10 heteroatoms. The van der Waals surface area contributed by atoms with Gasteiger partial charge in [-0.1, -0.05) is 52.0 Å². The van der Waals surface area contributed by atoms with Crippen LogP contribution in [0.15, 0.2) is 58.3 Å². The normalized spacial score (nSPS) is 18.5. The number of sulfonamides is 2. The highest BCUT2D eigenvalue weighted by Gasteiger charge is 2.38. The van der Waals surface area contributed by atoms with Crippen LogP contribution in [0.25, 0.3) is 0 Å². The van der Waals surface area contributed by atoms with Crippen molar-refractivity contribution in [3.05, 3.63) is 59.7 Å². The van der Waals surface area contributed by atoms with Crippen molar-refractivity contribution in [1.29, 1.82) is 0 Å². The standard InChI is InChI=1S/C26H37N3O5S2/c1-19(2)23-7-5-9-25(11-23)35(30,31)28-14-21(15-28)13-27-34-18-22-16-29(17-22)36(32,33)26-10-6-8-24(12-26)20(3)4/h5-12,19-22,27H,13-18H2,1-4H3. The maximum absolute atomic E-state index is 12.9. The Morgan fingerprint density at radius 3 is 1.67 bits per heavy atom. The molecule has 198 valence electrons. The minimum absolute atomic E-state index is 0.132. The van der Waals surface area contributed by atoms with Gasteiger partial charge in [0.15, 0.2) is 0 Å². The lowest BCUT2D eigenvalue weighted by atomic mass is 10.0. The van der Waals surface area contributed by atoms with E-state index in [0.29, 0.717) is 49.1 Å². The van der Waals surface area contributed by atoms with Crippen molar-refractivity contribution in [3.63, 3.8) is 0 Å². The smallest absolute Gasteiger partial charge is 0.243 e. The van der Waals surface area contributed by atoms with Gasteiger partial charge < -0.3 is 4.84 Å². The first kappa shape index (κ1) is 27.2. The Hall–Kier alpha value is -1.82. The molecule has 36 heavy (non-hydrogen) atoms. The molecule has 4 rings (SSSR count). The van der Waals surface area contributed by atoms with E-state index in [-0.39, 0.29) is 23.7 Å². The van der Waals surface area contributed by atoms with E-state index in [1.165, 1.54) is 8.61 Å². The third-order valence-corrected chi connectivity index (χ3v) is 10.6.